The van der Waals surface area contributed by atoms with Crippen molar-refractivity contribution in [2.45, 2.75) is 78.1 Å². The Morgan fingerprint density at radius 2 is 1.57 bits per heavy atom. The molecule has 3 amide bonds. The summed E-state index contributed by atoms with van der Waals surface area (Å²) in [5.41, 5.74) is 1.49. The Kier molecular flexibility index (Phi) is 10.1. The van der Waals surface area contributed by atoms with Crippen molar-refractivity contribution >= 4 is 17.9 Å². The number of amides is 3. The monoisotopic (exact) mass is 507 g/mol. The van der Waals surface area contributed by atoms with E-state index in [4.69, 9.17) is 11.2 Å². The van der Waals surface area contributed by atoms with Crippen molar-refractivity contribution in [3.05, 3.63) is 65.2 Å². The maximum absolute atomic E-state index is 13.9. The third kappa shape index (κ3) is 8.87. The average Bonchev–Trinajstić information content (AvgIpc) is 2.81. The Morgan fingerprint density at radius 3 is 2.05 bits per heavy atom. The number of aryl methyl sites for hydroxylation is 1. The van der Waals surface area contributed by atoms with Crippen LogP contribution in [-0.4, -0.2) is 45.6 Å². The van der Waals surface area contributed by atoms with E-state index in [-0.39, 0.29) is 18.2 Å². The lowest BCUT2D eigenvalue weighted by molar-refractivity contribution is -0.138. The third-order valence-electron chi connectivity index (χ3n) is 5.38. The molecule has 0 aliphatic heterocycles. The number of terminal acetylenes is 1. The molecule has 0 saturated carbocycles. The highest BCUT2D eigenvalue weighted by Crippen LogP contribution is 2.24. The van der Waals surface area contributed by atoms with E-state index in [1.165, 1.54) is 12.1 Å². The normalized spacial score (nSPS) is 12.7. The van der Waals surface area contributed by atoms with Gasteiger partial charge >= 0.3 is 6.09 Å². The summed E-state index contributed by atoms with van der Waals surface area (Å²) in [4.78, 5) is 40.8. The van der Waals surface area contributed by atoms with Crippen molar-refractivity contribution in [3.8, 4) is 18.2 Å². The lowest BCUT2D eigenvalue weighted by Gasteiger charge is -2.31. The van der Waals surface area contributed by atoms with E-state index in [0.29, 0.717) is 11.1 Å². The van der Waals surface area contributed by atoms with Gasteiger partial charge in [-0.2, -0.15) is 0 Å². The number of carbonyl (C=O) groups excluding carboxylic acids is 3. The van der Waals surface area contributed by atoms with Crippen LogP contribution in [-0.2, 0) is 27.2 Å². The minimum absolute atomic E-state index is 0.0594. The summed E-state index contributed by atoms with van der Waals surface area (Å²) in [7, 11) is 0. The number of rotatable bonds is 9. The number of alkyl carbamates (subject to hydrolysis) is 1. The second kappa shape index (κ2) is 12.8. The molecule has 2 atom stereocenters. The van der Waals surface area contributed by atoms with Crippen LogP contribution in [0, 0.1) is 12.5 Å². The number of phenols is 1. The number of nitrogens with one attached hydrogen (secondary N) is 2. The third-order valence-corrected chi connectivity index (χ3v) is 5.38. The van der Waals surface area contributed by atoms with E-state index < -0.39 is 35.6 Å². The molecule has 2 rings (SSSR count). The van der Waals surface area contributed by atoms with Gasteiger partial charge in [0.25, 0.3) is 5.91 Å². The molecule has 0 spiro atoms. The van der Waals surface area contributed by atoms with Crippen LogP contribution >= 0.6 is 0 Å². The van der Waals surface area contributed by atoms with E-state index >= 15 is 0 Å². The zero-order valence-corrected chi connectivity index (χ0v) is 22.4. The van der Waals surface area contributed by atoms with Crippen LogP contribution in [0.5, 0.6) is 5.75 Å². The summed E-state index contributed by atoms with van der Waals surface area (Å²) in [5.74, 6) is -1.02. The minimum Gasteiger partial charge on any atom is -0.508 e. The quantitative estimate of drug-likeness (QED) is 0.350. The van der Waals surface area contributed by atoms with Gasteiger partial charge in [-0.05, 0) is 69.9 Å². The number of benzene rings is 2. The molecular weight excluding hydrogens is 470 g/mol. The van der Waals surface area contributed by atoms with Crippen LogP contribution in [0.2, 0.25) is 0 Å². The summed E-state index contributed by atoms with van der Waals surface area (Å²) in [6.07, 6.45) is 5.90. The highest BCUT2D eigenvalue weighted by molar-refractivity contribution is 5.93. The first-order valence-corrected chi connectivity index (χ1v) is 12.3. The topological polar surface area (TPSA) is 108 Å². The molecule has 0 radical (unpaired) electrons. The zero-order chi connectivity index (χ0) is 27.8. The Bertz CT molecular complexity index is 1110. The SMILES string of the molecule is C#CN(C(=O)C(Cc1ccc(O)cc1)NC(=O)OC(C)(C)C)C(C(=O)NC(C)C)c1ccc(CC)cc1. The van der Waals surface area contributed by atoms with Crippen LogP contribution < -0.4 is 10.6 Å². The van der Waals surface area contributed by atoms with Gasteiger partial charge in [0.05, 0.1) is 0 Å². The number of aromatic hydroxyl groups is 1. The van der Waals surface area contributed by atoms with Crippen molar-refractivity contribution in [2.24, 2.45) is 0 Å². The van der Waals surface area contributed by atoms with Gasteiger partial charge in [0.1, 0.15) is 23.4 Å². The fraction of sp³-hybridized carbons (Fsp3) is 0.414. The van der Waals surface area contributed by atoms with E-state index in [0.717, 1.165) is 16.9 Å². The highest BCUT2D eigenvalue weighted by Gasteiger charge is 2.36. The van der Waals surface area contributed by atoms with Gasteiger partial charge in [-0.1, -0.05) is 49.7 Å². The smallest absolute Gasteiger partial charge is 0.408 e. The standard InChI is InChI=1S/C29H37N3O5/c1-8-20-10-14-22(15-11-20)25(26(34)30-19(3)4)32(9-2)27(35)24(31-28(36)37-29(5,6)7)18-21-12-16-23(33)17-13-21/h2,10-17,19,24-25,33H,8,18H2,1,3-7H3,(H,30,34)(H,31,36). The lowest BCUT2D eigenvalue weighted by Crippen LogP contribution is -2.52. The number of ether oxygens (including phenoxy) is 1. The molecule has 0 bridgehead atoms. The van der Waals surface area contributed by atoms with E-state index in [1.807, 2.05) is 32.9 Å². The number of carbonyl (C=O) groups is 3. The molecule has 37 heavy (non-hydrogen) atoms. The fourth-order valence-corrected chi connectivity index (χ4v) is 3.67. The molecule has 198 valence electrons. The zero-order valence-electron chi connectivity index (χ0n) is 22.4. The van der Waals surface area contributed by atoms with Gasteiger partial charge in [-0.25, -0.2) is 4.79 Å². The van der Waals surface area contributed by atoms with Gasteiger partial charge in [-0.15, -0.1) is 0 Å². The Hall–Kier alpha value is -3.99. The van der Waals surface area contributed by atoms with Gasteiger partial charge in [-0.3, -0.25) is 14.5 Å². The van der Waals surface area contributed by atoms with E-state index in [1.54, 1.807) is 45.0 Å². The Morgan fingerprint density at radius 1 is 1.00 bits per heavy atom. The molecule has 8 heteroatoms. The predicted molar refractivity (Wildman–Crippen MR) is 142 cm³/mol. The average molecular weight is 508 g/mol. The number of hydrogen-bond acceptors (Lipinski definition) is 5. The Balaban J connectivity index is 2.48. The molecule has 0 aliphatic rings. The first-order valence-electron chi connectivity index (χ1n) is 12.3. The van der Waals surface area contributed by atoms with Crippen molar-refractivity contribution in [1.82, 2.24) is 15.5 Å². The molecule has 2 aromatic carbocycles. The Labute approximate surface area is 219 Å². The van der Waals surface area contributed by atoms with Crippen LogP contribution in [0.1, 0.15) is 64.3 Å². The van der Waals surface area contributed by atoms with Crippen molar-refractivity contribution in [2.75, 3.05) is 0 Å². The molecule has 2 aromatic rings. The molecule has 0 aromatic heterocycles. The van der Waals surface area contributed by atoms with Crippen LogP contribution in [0.25, 0.3) is 0 Å². The van der Waals surface area contributed by atoms with Crippen molar-refractivity contribution in [3.63, 3.8) is 0 Å². The summed E-state index contributed by atoms with van der Waals surface area (Å²) < 4.78 is 5.37. The van der Waals surface area contributed by atoms with Gasteiger partial charge in [0, 0.05) is 18.5 Å². The fourth-order valence-electron chi connectivity index (χ4n) is 3.67. The second-order valence-corrected chi connectivity index (χ2v) is 10.1. The molecular formula is C29H37N3O5. The van der Waals surface area contributed by atoms with Gasteiger partial charge in [0.2, 0.25) is 5.91 Å². The number of nitrogens with zero attached hydrogens (tertiary/aromatic N) is 1. The minimum atomic E-state index is -1.14. The predicted octanol–water partition coefficient (Wildman–Crippen LogP) is 4.08. The molecule has 0 aliphatic carbocycles. The first kappa shape index (κ1) is 29.2. The van der Waals surface area contributed by atoms with Gasteiger partial charge < -0.3 is 20.5 Å². The molecule has 3 N–H and O–H groups in total. The maximum Gasteiger partial charge on any atom is 0.408 e. The molecule has 2 unspecified atom stereocenters. The molecule has 8 nitrogen and oxygen atoms in total. The maximum atomic E-state index is 13.9. The largest absolute Gasteiger partial charge is 0.508 e. The number of hydrogen-bond donors (Lipinski definition) is 3. The summed E-state index contributed by atoms with van der Waals surface area (Å²) >= 11 is 0. The van der Waals surface area contributed by atoms with Crippen LogP contribution in [0.15, 0.2) is 48.5 Å². The summed E-state index contributed by atoms with van der Waals surface area (Å²) in [5, 5.41) is 15.1. The van der Waals surface area contributed by atoms with Gasteiger partial charge in [0.15, 0.2) is 0 Å². The summed E-state index contributed by atoms with van der Waals surface area (Å²) in [6, 6.07) is 13.5. The van der Waals surface area contributed by atoms with Crippen molar-refractivity contribution in [1.29, 1.82) is 0 Å². The summed E-state index contributed by atoms with van der Waals surface area (Å²) in [6.45, 7) is 10.8. The highest BCUT2D eigenvalue weighted by atomic mass is 16.6. The number of phenolic OH excluding ortho intramolecular Hbond substituents is 1. The second-order valence-electron chi connectivity index (χ2n) is 10.1. The lowest BCUT2D eigenvalue weighted by atomic mass is 9.99. The molecule has 0 fully saturated rings. The molecule has 0 saturated heterocycles. The van der Waals surface area contributed by atoms with Crippen LogP contribution in [0.4, 0.5) is 4.79 Å². The first-order chi connectivity index (χ1) is 17.3. The van der Waals surface area contributed by atoms with Crippen molar-refractivity contribution < 1.29 is 24.2 Å². The van der Waals surface area contributed by atoms with E-state index in [2.05, 4.69) is 16.7 Å². The van der Waals surface area contributed by atoms with Crippen LogP contribution in [0.3, 0.4) is 0 Å². The van der Waals surface area contributed by atoms with E-state index in [9.17, 15) is 19.5 Å². The molecule has 0 heterocycles.